The van der Waals surface area contributed by atoms with E-state index >= 15 is 0 Å². The van der Waals surface area contributed by atoms with E-state index in [0.717, 1.165) is 30.5 Å². The third-order valence-corrected chi connectivity index (χ3v) is 11.4. The zero-order valence-corrected chi connectivity index (χ0v) is 33.4. The van der Waals surface area contributed by atoms with Gasteiger partial charge in [-0.2, -0.15) is 5.10 Å². The molecule has 5 heterocycles. The van der Waals surface area contributed by atoms with Gasteiger partial charge in [0, 0.05) is 60.9 Å². The molecular weight excluding hydrogens is 805 g/mol. The van der Waals surface area contributed by atoms with Crippen molar-refractivity contribution in [2.24, 2.45) is 0 Å². The van der Waals surface area contributed by atoms with Crippen LogP contribution in [0.25, 0.3) is 0 Å². The van der Waals surface area contributed by atoms with Crippen molar-refractivity contribution in [3.63, 3.8) is 0 Å². The molecule has 0 saturated carbocycles. The van der Waals surface area contributed by atoms with Gasteiger partial charge in [-0.15, -0.1) is 12.6 Å². The second-order valence-corrected chi connectivity index (χ2v) is 15.5. The zero-order chi connectivity index (χ0) is 42.2. The Morgan fingerprint density at radius 3 is 2.25 bits per heavy atom. The number of rotatable bonds is 14. The van der Waals surface area contributed by atoms with Crippen LogP contribution >= 0.6 is 12.6 Å². The molecule has 2 unspecified atom stereocenters. The second kappa shape index (κ2) is 16.4. The Labute approximate surface area is 347 Å². The number of halogens is 2. The van der Waals surface area contributed by atoms with E-state index in [0.29, 0.717) is 30.9 Å². The van der Waals surface area contributed by atoms with Crippen LogP contribution in [0, 0.1) is 21.7 Å². The predicted octanol–water partition coefficient (Wildman–Crippen LogP) is 5.45. The summed E-state index contributed by atoms with van der Waals surface area (Å²) < 4.78 is 54.0. The summed E-state index contributed by atoms with van der Waals surface area (Å²) in [5.41, 5.74) is 1.30. The van der Waals surface area contributed by atoms with E-state index in [1.165, 1.54) is 51.4 Å². The molecule has 3 fully saturated rings. The number of ether oxygens (including phenoxy) is 3. The highest BCUT2D eigenvalue weighted by molar-refractivity contribution is 7.81. The highest BCUT2D eigenvalue weighted by Crippen LogP contribution is 2.48. The van der Waals surface area contributed by atoms with Gasteiger partial charge in [0.2, 0.25) is 6.41 Å². The van der Waals surface area contributed by atoms with Gasteiger partial charge >= 0.3 is 11.9 Å². The highest BCUT2D eigenvalue weighted by atomic mass is 32.1. The second-order valence-electron chi connectivity index (χ2n) is 14.8. The Morgan fingerprint density at radius 2 is 1.67 bits per heavy atom. The minimum Gasteiger partial charge on any atom is -0.488 e. The van der Waals surface area contributed by atoms with Crippen LogP contribution in [0.1, 0.15) is 31.2 Å². The van der Waals surface area contributed by atoms with E-state index in [1.54, 1.807) is 26.0 Å². The number of amides is 3. The fourth-order valence-corrected chi connectivity index (χ4v) is 8.66. The Balaban J connectivity index is 0.889. The fraction of sp³-hybridized carbons (Fsp3) is 0.350. The van der Waals surface area contributed by atoms with E-state index in [2.05, 4.69) is 25.2 Å². The monoisotopic (exact) mass is 845 g/mol. The molecular formula is C40H41F2N9O8S. The number of piperazine rings is 1. The maximum Gasteiger partial charge on any atom is 0.433 e. The first-order valence-corrected chi connectivity index (χ1v) is 19.5. The molecule has 0 bridgehead atoms. The number of hydrogen-bond acceptors (Lipinski definition) is 13. The van der Waals surface area contributed by atoms with Crippen LogP contribution in [0.15, 0.2) is 95.9 Å². The molecule has 8 rings (SSSR count). The topological polar surface area (TPSA) is 174 Å². The molecule has 3 aliphatic rings. The standard InChI is InChI=1S/C40H41F2N9O8S/c1-26(2)50-38(53)49(37(40(50,60)44-25-52)34-13-14-35(58-34)51(54)55)30-6-4-28(5-7-30)46-15-17-47(18-16-46)29-8-10-31(11-9-29)56-20-36-57-22-39(59-36,21-48-24-43-23-45-48)32-12-3-27(41)19-33(32)42/h3-14,19,23-26,36-37,60H,15-18,20-22H2,1-2H3,(H,44,52)/t36-,37?,39+,40?/m0/s1. The summed E-state index contributed by atoms with van der Waals surface area (Å²) in [5.74, 6) is -1.28. The fourth-order valence-electron chi connectivity index (χ4n) is 8.04. The molecule has 20 heteroatoms. The summed E-state index contributed by atoms with van der Waals surface area (Å²) in [6.07, 6.45) is 2.45. The number of carbonyl (C=O) groups excluding carboxylic acids is 2. The molecule has 3 saturated heterocycles. The van der Waals surface area contributed by atoms with Crippen LogP contribution < -0.4 is 24.8 Å². The van der Waals surface area contributed by atoms with Crippen LogP contribution in [0.3, 0.4) is 0 Å². The largest absolute Gasteiger partial charge is 0.488 e. The first-order valence-electron chi connectivity index (χ1n) is 19.1. The van der Waals surface area contributed by atoms with Gasteiger partial charge in [0.15, 0.2) is 11.3 Å². The average molecular weight is 846 g/mol. The number of urea groups is 1. The van der Waals surface area contributed by atoms with Crippen LogP contribution in [-0.2, 0) is 26.4 Å². The predicted molar refractivity (Wildman–Crippen MR) is 216 cm³/mol. The van der Waals surface area contributed by atoms with Crippen molar-refractivity contribution < 1.29 is 41.9 Å². The first kappa shape index (κ1) is 40.5. The zero-order valence-electron chi connectivity index (χ0n) is 32.5. The number of hydrogen-bond donors (Lipinski definition) is 2. The van der Waals surface area contributed by atoms with Crippen molar-refractivity contribution in [1.29, 1.82) is 0 Å². The number of nitro groups is 1. The number of nitrogens with one attached hydrogen (secondary N) is 1. The van der Waals surface area contributed by atoms with E-state index in [4.69, 9.17) is 31.3 Å². The maximum atomic E-state index is 15.0. The molecule has 3 amide bonds. The highest BCUT2D eigenvalue weighted by Gasteiger charge is 2.59. The lowest BCUT2D eigenvalue weighted by Crippen LogP contribution is -2.56. The number of aromatic nitrogens is 3. The van der Waals surface area contributed by atoms with Gasteiger partial charge in [0.1, 0.15) is 59.0 Å². The Hall–Kier alpha value is -6.25. The van der Waals surface area contributed by atoms with Crippen molar-refractivity contribution >= 4 is 48.0 Å². The van der Waals surface area contributed by atoms with Crippen LogP contribution in [0.4, 0.5) is 36.5 Å². The molecule has 17 nitrogen and oxygen atoms in total. The van der Waals surface area contributed by atoms with Gasteiger partial charge in [-0.3, -0.25) is 24.7 Å². The number of benzene rings is 3. The first-order chi connectivity index (χ1) is 28.9. The number of anilines is 3. The van der Waals surface area contributed by atoms with E-state index < -0.39 is 57.4 Å². The molecule has 60 heavy (non-hydrogen) atoms. The van der Waals surface area contributed by atoms with E-state index in [9.17, 15) is 28.5 Å². The summed E-state index contributed by atoms with van der Waals surface area (Å²) in [5, 5.41) is 18.2. The number of thiol groups is 1. The van der Waals surface area contributed by atoms with Crippen molar-refractivity contribution in [3.8, 4) is 5.75 Å². The summed E-state index contributed by atoms with van der Waals surface area (Å²) in [6.45, 7) is 6.56. The molecule has 314 valence electrons. The van der Waals surface area contributed by atoms with Crippen molar-refractivity contribution in [1.82, 2.24) is 25.0 Å². The smallest absolute Gasteiger partial charge is 0.433 e. The van der Waals surface area contributed by atoms with Crippen LogP contribution in [0.2, 0.25) is 0 Å². The molecule has 0 aliphatic carbocycles. The average Bonchev–Trinajstić information content (AvgIpc) is 4.05. The third-order valence-electron chi connectivity index (χ3n) is 10.8. The molecule has 1 N–H and O–H groups in total. The summed E-state index contributed by atoms with van der Waals surface area (Å²) in [7, 11) is 0. The van der Waals surface area contributed by atoms with Gasteiger partial charge in [0.05, 0.1) is 19.2 Å². The van der Waals surface area contributed by atoms with Gasteiger partial charge in [-0.1, -0.05) is 6.07 Å². The van der Waals surface area contributed by atoms with E-state index in [1.807, 2.05) is 36.4 Å². The maximum absolute atomic E-state index is 15.0. The quantitative estimate of drug-likeness (QED) is 0.0477. The van der Waals surface area contributed by atoms with Gasteiger partial charge in [-0.05, 0) is 74.5 Å². The molecule has 4 atom stereocenters. The molecule has 3 aromatic carbocycles. The normalized spacial score (nSPS) is 23.1. The summed E-state index contributed by atoms with van der Waals surface area (Å²) in [6, 6.07) is 19.1. The van der Waals surface area contributed by atoms with E-state index in [-0.39, 0.29) is 31.1 Å². The number of furan rings is 1. The molecule has 2 aromatic heterocycles. The van der Waals surface area contributed by atoms with Crippen molar-refractivity contribution in [2.75, 3.05) is 54.1 Å². The lowest BCUT2D eigenvalue weighted by Gasteiger charge is -2.38. The van der Waals surface area contributed by atoms with Gasteiger partial charge < -0.3 is 33.7 Å². The number of nitrogens with zero attached hydrogens (tertiary/aromatic N) is 8. The minimum atomic E-state index is -1.59. The van der Waals surface area contributed by atoms with Crippen molar-refractivity contribution in [3.05, 3.63) is 125 Å². The molecule has 5 aromatic rings. The van der Waals surface area contributed by atoms with Crippen LogP contribution in [-0.4, -0.2) is 93.7 Å². The lowest BCUT2D eigenvalue weighted by atomic mass is 9.94. The van der Waals surface area contributed by atoms with Gasteiger partial charge in [0.25, 0.3) is 0 Å². The molecule has 0 spiro atoms. The minimum absolute atomic E-state index is 0.00865. The SMILES string of the molecule is CC(C)N1C(=O)N(c2ccc(N3CCN(c4ccc(OC[C@H]5OC[C@](Cn6cncn6)(c6ccc(F)cc6F)O5)cc4)CC3)cc2)C(c2ccc([N+](=O)[O-])o2)C1(S)NC=O. The lowest BCUT2D eigenvalue weighted by molar-refractivity contribution is -0.402. The third kappa shape index (κ3) is 7.68. The summed E-state index contributed by atoms with van der Waals surface area (Å²) >= 11 is 4.78. The summed E-state index contributed by atoms with van der Waals surface area (Å²) in [4.78, 5) is 46.3. The van der Waals surface area contributed by atoms with Crippen LogP contribution in [0.5, 0.6) is 5.75 Å². The molecule has 0 radical (unpaired) electrons. The Morgan fingerprint density at radius 1 is 1.00 bits per heavy atom. The Bertz CT molecular complexity index is 2330. The Kier molecular flexibility index (Phi) is 11.1. The number of carbonyl (C=O) groups is 2. The van der Waals surface area contributed by atoms with Gasteiger partial charge in [-0.25, -0.2) is 23.2 Å². The molecule has 3 aliphatic heterocycles. The van der Waals surface area contributed by atoms with Crippen molar-refractivity contribution in [2.45, 2.75) is 49.4 Å².